The van der Waals surface area contributed by atoms with Crippen LogP contribution < -0.4 is 4.74 Å². The molecule has 0 radical (unpaired) electrons. The Labute approximate surface area is 176 Å². The van der Waals surface area contributed by atoms with Gasteiger partial charge in [-0.1, -0.05) is 36.5 Å². The molecule has 0 aromatic heterocycles. The Morgan fingerprint density at radius 1 is 1.13 bits per heavy atom. The lowest BCUT2D eigenvalue weighted by Crippen LogP contribution is -2.48. The number of rotatable bonds is 1. The van der Waals surface area contributed by atoms with Crippen molar-refractivity contribution in [3.8, 4) is 17.6 Å². The van der Waals surface area contributed by atoms with E-state index in [1.54, 1.807) is 13.2 Å². The van der Waals surface area contributed by atoms with Crippen molar-refractivity contribution in [1.82, 2.24) is 4.90 Å². The number of hydrogen-bond donors (Lipinski definition) is 0. The van der Waals surface area contributed by atoms with E-state index in [4.69, 9.17) is 9.47 Å². The Morgan fingerprint density at radius 3 is 2.90 bits per heavy atom. The van der Waals surface area contributed by atoms with E-state index in [0.29, 0.717) is 12.1 Å². The molecule has 2 aromatic rings. The number of methoxy groups -OCH3 is 1. The molecule has 30 heavy (non-hydrogen) atoms. The molecule has 3 atom stereocenters. The number of fused-ring (bicyclic) bond motifs is 4. The second-order valence-electron chi connectivity index (χ2n) is 8.65. The van der Waals surface area contributed by atoms with E-state index < -0.39 is 5.60 Å². The normalized spacial score (nSPS) is 29.3. The first kappa shape index (κ1) is 17.8. The summed E-state index contributed by atoms with van der Waals surface area (Å²) in [5.41, 5.74) is 2.43. The lowest BCUT2D eigenvalue weighted by molar-refractivity contribution is -0.148. The van der Waals surface area contributed by atoms with Gasteiger partial charge in [0.15, 0.2) is 5.60 Å². The average molecular weight is 397 g/mol. The van der Waals surface area contributed by atoms with Crippen LogP contribution in [0, 0.1) is 11.8 Å². The Balaban J connectivity index is 1.38. The molecule has 2 fully saturated rings. The van der Waals surface area contributed by atoms with E-state index in [9.17, 15) is 4.79 Å². The van der Waals surface area contributed by atoms with Gasteiger partial charge in [-0.15, -0.1) is 0 Å². The molecule has 3 heterocycles. The average Bonchev–Trinajstić information content (AvgIpc) is 3.26. The zero-order valence-electron chi connectivity index (χ0n) is 17.0. The van der Waals surface area contributed by atoms with Crippen LogP contribution in [0.2, 0.25) is 0 Å². The molecule has 2 saturated heterocycles. The topological polar surface area (TPSA) is 38.8 Å². The largest absolute Gasteiger partial charge is 0.497 e. The molecule has 3 unspecified atom stereocenters. The number of piperidine rings is 1. The molecule has 0 N–H and O–H groups in total. The molecule has 6 rings (SSSR count). The van der Waals surface area contributed by atoms with Crippen molar-refractivity contribution in [2.75, 3.05) is 13.7 Å². The maximum Gasteiger partial charge on any atom is 0.332 e. The third-order valence-corrected chi connectivity index (χ3v) is 7.06. The second kappa shape index (κ2) is 6.48. The fourth-order valence-corrected chi connectivity index (χ4v) is 5.74. The molecule has 4 aliphatic rings. The van der Waals surface area contributed by atoms with Crippen LogP contribution in [0.25, 0.3) is 10.8 Å². The highest BCUT2D eigenvalue weighted by atomic mass is 16.6. The van der Waals surface area contributed by atoms with Crippen LogP contribution in [-0.4, -0.2) is 42.2 Å². The molecular formula is C26H23NO3. The van der Waals surface area contributed by atoms with Crippen LogP contribution in [-0.2, 0) is 9.53 Å². The number of nitrogens with zero attached hydrogens (tertiary/aromatic N) is 1. The monoisotopic (exact) mass is 397 g/mol. The van der Waals surface area contributed by atoms with Gasteiger partial charge in [-0.2, -0.15) is 0 Å². The SMILES string of the molecule is COc1ccc2cc(C#CC3=CC4CC5(OC(=O)C=C35)C3CCCCN43)ccc2c1. The van der Waals surface area contributed by atoms with Crippen molar-refractivity contribution in [3.63, 3.8) is 0 Å². The van der Waals surface area contributed by atoms with Crippen LogP contribution >= 0.6 is 0 Å². The summed E-state index contributed by atoms with van der Waals surface area (Å²) in [4.78, 5) is 14.8. The van der Waals surface area contributed by atoms with Gasteiger partial charge in [0.1, 0.15) is 5.75 Å². The molecule has 1 aliphatic carbocycles. The standard InChI is InChI=1S/C26H23NO3/c1-29-22-10-9-18-12-17(5-7-19(18)14-22)6-8-20-13-21-16-26(23(20)15-25(28)30-26)24-4-2-3-11-27(21)24/h5,7,9-10,12-15,21,24H,2-4,11,16H2,1H3. The fraction of sp³-hybridized carbons (Fsp3) is 0.346. The van der Waals surface area contributed by atoms with Crippen LogP contribution in [0.5, 0.6) is 5.75 Å². The lowest BCUT2D eigenvalue weighted by Gasteiger charge is -2.38. The highest BCUT2D eigenvalue weighted by Gasteiger charge is 2.61. The Morgan fingerprint density at radius 2 is 2.00 bits per heavy atom. The first-order valence-corrected chi connectivity index (χ1v) is 10.7. The maximum absolute atomic E-state index is 12.3. The van der Waals surface area contributed by atoms with Crippen molar-refractivity contribution >= 4 is 16.7 Å². The number of benzene rings is 2. The van der Waals surface area contributed by atoms with E-state index >= 15 is 0 Å². The molecule has 0 amide bonds. The first-order chi connectivity index (χ1) is 14.7. The summed E-state index contributed by atoms with van der Waals surface area (Å²) >= 11 is 0. The predicted octanol–water partition coefficient (Wildman–Crippen LogP) is 3.99. The van der Waals surface area contributed by atoms with Gasteiger partial charge in [-0.3, -0.25) is 4.90 Å². The van der Waals surface area contributed by atoms with Crippen molar-refractivity contribution < 1.29 is 14.3 Å². The summed E-state index contributed by atoms with van der Waals surface area (Å²) in [7, 11) is 1.68. The third kappa shape index (κ3) is 2.55. The zero-order chi connectivity index (χ0) is 20.3. The third-order valence-electron chi connectivity index (χ3n) is 7.06. The van der Waals surface area contributed by atoms with Crippen molar-refractivity contribution in [2.24, 2.45) is 0 Å². The molecule has 3 aliphatic heterocycles. The molecule has 0 saturated carbocycles. The van der Waals surface area contributed by atoms with Gasteiger partial charge in [0.05, 0.1) is 13.2 Å². The summed E-state index contributed by atoms with van der Waals surface area (Å²) in [6.07, 6.45) is 8.32. The highest BCUT2D eigenvalue weighted by molar-refractivity contribution is 5.90. The predicted molar refractivity (Wildman–Crippen MR) is 115 cm³/mol. The number of esters is 1. The Hall–Kier alpha value is -3.03. The van der Waals surface area contributed by atoms with E-state index in [-0.39, 0.29) is 5.97 Å². The fourth-order valence-electron chi connectivity index (χ4n) is 5.74. The first-order valence-electron chi connectivity index (χ1n) is 10.7. The summed E-state index contributed by atoms with van der Waals surface area (Å²) in [6, 6.07) is 12.9. The van der Waals surface area contributed by atoms with Gasteiger partial charge in [-0.05, 0) is 54.4 Å². The van der Waals surface area contributed by atoms with Gasteiger partial charge >= 0.3 is 5.97 Å². The van der Waals surface area contributed by atoms with Crippen LogP contribution in [0.4, 0.5) is 0 Å². The molecule has 150 valence electrons. The number of hydrogen-bond acceptors (Lipinski definition) is 4. The smallest absolute Gasteiger partial charge is 0.332 e. The number of carbonyl (C=O) groups excluding carboxylic acids is 1. The quantitative estimate of drug-likeness (QED) is 0.539. The maximum atomic E-state index is 12.3. The Kier molecular flexibility index (Phi) is 3.85. The van der Waals surface area contributed by atoms with E-state index in [1.807, 2.05) is 18.2 Å². The van der Waals surface area contributed by atoms with Crippen molar-refractivity contribution in [3.05, 3.63) is 65.3 Å². The van der Waals surface area contributed by atoms with Gasteiger partial charge in [0.25, 0.3) is 0 Å². The Bertz CT molecular complexity index is 1200. The van der Waals surface area contributed by atoms with Crippen molar-refractivity contribution in [2.45, 2.75) is 43.4 Å². The summed E-state index contributed by atoms with van der Waals surface area (Å²) < 4.78 is 11.3. The second-order valence-corrected chi connectivity index (χ2v) is 8.65. The molecule has 2 aromatic carbocycles. The van der Waals surface area contributed by atoms with Crippen LogP contribution in [0.15, 0.2) is 59.7 Å². The van der Waals surface area contributed by atoms with Gasteiger partial charge < -0.3 is 9.47 Å². The molecular weight excluding hydrogens is 374 g/mol. The van der Waals surface area contributed by atoms with Gasteiger partial charge in [0.2, 0.25) is 0 Å². The molecule has 4 heteroatoms. The van der Waals surface area contributed by atoms with E-state index in [1.165, 1.54) is 12.8 Å². The van der Waals surface area contributed by atoms with Gasteiger partial charge in [0, 0.05) is 35.2 Å². The summed E-state index contributed by atoms with van der Waals surface area (Å²) in [5, 5.41) is 2.26. The molecule has 4 nitrogen and oxygen atoms in total. The lowest BCUT2D eigenvalue weighted by atomic mass is 9.77. The minimum Gasteiger partial charge on any atom is -0.497 e. The van der Waals surface area contributed by atoms with Gasteiger partial charge in [-0.25, -0.2) is 4.79 Å². The van der Waals surface area contributed by atoms with Crippen molar-refractivity contribution in [1.29, 1.82) is 0 Å². The van der Waals surface area contributed by atoms with E-state index in [0.717, 1.165) is 52.6 Å². The molecule has 2 bridgehead atoms. The van der Waals surface area contributed by atoms with Crippen LogP contribution in [0.3, 0.4) is 0 Å². The number of ether oxygens (including phenoxy) is 2. The minimum atomic E-state index is -0.485. The van der Waals surface area contributed by atoms with E-state index in [2.05, 4.69) is 41.0 Å². The summed E-state index contributed by atoms with van der Waals surface area (Å²) in [6.45, 7) is 1.08. The number of carbonyl (C=O) groups is 1. The van der Waals surface area contributed by atoms with Crippen LogP contribution in [0.1, 0.15) is 31.2 Å². The zero-order valence-corrected chi connectivity index (χ0v) is 17.0. The highest BCUT2D eigenvalue weighted by Crippen LogP contribution is 2.53. The summed E-state index contributed by atoms with van der Waals surface area (Å²) in [5.74, 6) is 7.35. The molecule has 1 spiro atoms. The minimum absolute atomic E-state index is 0.217.